The highest BCUT2D eigenvalue weighted by molar-refractivity contribution is 7.90. The van der Waals surface area contributed by atoms with Gasteiger partial charge in [-0.05, 0) is 12.1 Å². The maximum Gasteiger partial charge on any atom is 0.219 e. The molecule has 0 unspecified atom stereocenters. The van der Waals surface area contributed by atoms with Gasteiger partial charge in [0, 0.05) is 17.2 Å². The van der Waals surface area contributed by atoms with E-state index in [-0.39, 0.29) is 22.1 Å². The van der Waals surface area contributed by atoms with Crippen molar-refractivity contribution >= 4 is 9.84 Å². The fourth-order valence-electron chi connectivity index (χ4n) is 1.98. The zero-order chi connectivity index (χ0) is 14.5. The summed E-state index contributed by atoms with van der Waals surface area (Å²) in [6, 6.07) is 5.08. The molecule has 0 radical (unpaired) electrons. The molecule has 0 amide bonds. The molecule has 2 aromatic rings. The smallest absolute Gasteiger partial charge is 0.219 e. The van der Waals surface area contributed by atoms with Gasteiger partial charge in [-0.25, -0.2) is 18.1 Å². The molecule has 1 aliphatic rings. The summed E-state index contributed by atoms with van der Waals surface area (Å²) in [6.07, 6.45) is 1.51. The van der Waals surface area contributed by atoms with Gasteiger partial charge in [0.05, 0.1) is 6.20 Å². The molecule has 1 aliphatic heterocycles. The lowest BCUT2D eigenvalue weighted by Gasteiger charge is -2.18. The lowest BCUT2D eigenvalue weighted by Crippen LogP contribution is -2.17. The molecule has 0 aromatic carbocycles. The van der Waals surface area contributed by atoms with Gasteiger partial charge in [-0.3, -0.25) is 0 Å². The van der Waals surface area contributed by atoms with Crippen molar-refractivity contribution in [3.05, 3.63) is 30.1 Å². The van der Waals surface area contributed by atoms with E-state index < -0.39 is 9.84 Å². The molecular formula is C13H15N3O3S. The molecule has 20 heavy (non-hydrogen) atoms. The van der Waals surface area contributed by atoms with Crippen molar-refractivity contribution in [1.29, 1.82) is 0 Å². The van der Waals surface area contributed by atoms with Crippen molar-refractivity contribution in [3.8, 4) is 11.6 Å². The van der Waals surface area contributed by atoms with Crippen LogP contribution in [0.3, 0.4) is 0 Å². The van der Waals surface area contributed by atoms with Gasteiger partial charge in [0.25, 0.3) is 0 Å². The molecule has 0 bridgehead atoms. The van der Waals surface area contributed by atoms with E-state index in [0.717, 1.165) is 0 Å². The Balaban J connectivity index is 2.21. The monoisotopic (exact) mass is 293 g/mol. The molecular weight excluding hydrogens is 278 g/mol. The molecule has 0 N–H and O–H groups in total. The van der Waals surface area contributed by atoms with Crippen molar-refractivity contribution in [2.24, 2.45) is 0 Å². The molecule has 6 nitrogen and oxygen atoms in total. The van der Waals surface area contributed by atoms with Crippen LogP contribution in [-0.2, 0) is 21.1 Å². The summed E-state index contributed by atoms with van der Waals surface area (Å²) >= 11 is 0. The van der Waals surface area contributed by atoms with Gasteiger partial charge in [0.1, 0.15) is 0 Å². The zero-order valence-electron chi connectivity index (χ0n) is 11.5. The number of nitrogens with zero attached hydrogens (tertiary/aromatic N) is 3. The molecule has 0 saturated heterocycles. The number of sulfone groups is 1. The van der Waals surface area contributed by atoms with E-state index in [4.69, 9.17) is 4.74 Å². The first kappa shape index (κ1) is 13.1. The predicted molar refractivity (Wildman–Crippen MR) is 72.4 cm³/mol. The Morgan fingerprint density at radius 1 is 1.25 bits per heavy atom. The minimum atomic E-state index is -3.58. The maximum atomic E-state index is 12.4. The standard InChI is InChI=1S/C13H15N3O3S/c1-13(2,3)10-5-4-9-12(15-10)20(17,18)8-16-11(19-9)6-7-14-16/h4-7H,8H2,1-3H3. The average Bonchev–Trinajstić information content (AvgIpc) is 2.70. The summed E-state index contributed by atoms with van der Waals surface area (Å²) in [6.45, 7) is 5.95. The molecule has 3 rings (SSSR count). The van der Waals surface area contributed by atoms with E-state index in [9.17, 15) is 8.42 Å². The summed E-state index contributed by atoms with van der Waals surface area (Å²) < 4.78 is 31.8. The molecule has 0 saturated carbocycles. The summed E-state index contributed by atoms with van der Waals surface area (Å²) in [5.74, 6) is 0.387. The number of hydrogen-bond acceptors (Lipinski definition) is 5. The van der Waals surface area contributed by atoms with Crippen LogP contribution < -0.4 is 4.74 Å². The maximum absolute atomic E-state index is 12.4. The third-order valence-corrected chi connectivity index (χ3v) is 4.54. The molecule has 0 atom stereocenters. The number of ether oxygens (including phenoxy) is 1. The molecule has 3 heterocycles. The summed E-state index contributed by atoms with van der Waals surface area (Å²) in [4.78, 5) is 4.31. The molecule has 7 heteroatoms. The van der Waals surface area contributed by atoms with Crippen LogP contribution in [0.1, 0.15) is 26.5 Å². The Bertz CT molecular complexity index is 772. The van der Waals surface area contributed by atoms with Crippen molar-refractivity contribution in [2.75, 3.05) is 0 Å². The number of hydrogen-bond donors (Lipinski definition) is 0. The first-order chi connectivity index (χ1) is 9.27. The van der Waals surface area contributed by atoms with Crippen LogP contribution in [0, 0.1) is 0 Å². The van der Waals surface area contributed by atoms with Crippen molar-refractivity contribution in [1.82, 2.24) is 14.8 Å². The minimum Gasteiger partial charge on any atom is -0.436 e. The van der Waals surface area contributed by atoms with Gasteiger partial charge >= 0.3 is 0 Å². The van der Waals surface area contributed by atoms with Crippen LogP contribution >= 0.6 is 0 Å². The molecule has 0 fully saturated rings. The quantitative estimate of drug-likeness (QED) is 0.743. The van der Waals surface area contributed by atoms with Gasteiger partial charge in [-0.2, -0.15) is 5.10 Å². The van der Waals surface area contributed by atoms with Crippen molar-refractivity contribution in [2.45, 2.75) is 37.1 Å². The summed E-state index contributed by atoms with van der Waals surface area (Å²) in [5.41, 5.74) is 0.479. The highest BCUT2D eigenvalue weighted by Crippen LogP contribution is 2.34. The van der Waals surface area contributed by atoms with Crippen LogP contribution in [0.2, 0.25) is 0 Å². The zero-order valence-corrected chi connectivity index (χ0v) is 12.3. The first-order valence-corrected chi connectivity index (χ1v) is 7.86. The third kappa shape index (κ3) is 2.07. The topological polar surface area (TPSA) is 74.1 Å². The first-order valence-electron chi connectivity index (χ1n) is 6.21. The second-order valence-electron chi connectivity index (χ2n) is 5.76. The van der Waals surface area contributed by atoms with E-state index in [0.29, 0.717) is 11.6 Å². The fraction of sp³-hybridized carbons (Fsp3) is 0.385. The Morgan fingerprint density at radius 3 is 2.70 bits per heavy atom. The van der Waals surface area contributed by atoms with Crippen molar-refractivity contribution in [3.63, 3.8) is 0 Å². The van der Waals surface area contributed by atoms with Crippen LogP contribution in [0.4, 0.5) is 0 Å². The summed E-state index contributed by atoms with van der Waals surface area (Å²) in [5, 5.41) is 3.93. The van der Waals surface area contributed by atoms with Gasteiger partial charge < -0.3 is 4.74 Å². The number of rotatable bonds is 0. The Kier molecular flexibility index (Phi) is 2.66. The Morgan fingerprint density at radius 2 is 2.00 bits per heavy atom. The summed E-state index contributed by atoms with van der Waals surface area (Å²) in [7, 11) is -3.58. The van der Waals surface area contributed by atoms with E-state index in [1.165, 1.54) is 10.9 Å². The lowest BCUT2D eigenvalue weighted by molar-refractivity contribution is 0.420. The normalized spacial score (nSPS) is 16.8. The van der Waals surface area contributed by atoms with Crippen LogP contribution in [0.5, 0.6) is 11.6 Å². The Hall–Kier alpha value is -1.89. The van der Waals surface area contributed by atoms with E-state index >= 15 is 0 Å². The van der Waals surface area contributed by atoms with E-state index in [2.05, 4.69) is 10.1 Å². The highest BCUT2D eigenvalue weighted by Gasteiger charge is 2.30. The Labute approximate surface area is 117 Å². The van der Waals surface area contributed by atoms with Gasteiger partial charge in [-0.15, -0.1) is 0 Å². The molecule has 106 valence electrons. The van der Waals surface area contributed by atoms with Gasteiger partial charge in [0.15, 0.2) is 16.7 Å². The SMILES string of the molecule is CC(C)(C)c1ccc2c(n1)S(=O)(=O)Cn1nccc1O2. The molecule has 2 aromatic heterocycles. The molecule has 0 spiro atoms. The highest BCUT2D eigenvalue weighted by atomic mass is 32.2. The fourth-order valence-corrected chi connectivity index (χ4v) is 3.28. The minimum absolute atomic E-state index is 0.0181. The largest absolute Gasteiger partial charge is 0.436 e. The second-order valence-corrected chi connectivity index (χ2v) is 7.64. The van der Waals surface area contributed by atoms with E-state index in [1.54, 1.807) is 18.2 Å². The van der Waals surface area contributed by atoms with Gasteiger partial charge in [0.2, 0.25) is 15.7 Å². The van der Waals surface area contributed by atoms with E-state index in [1.807, 2.05) is 20.8 Å². The predicted octanol–water partition coefficient (Wildman–Crippen LogP) is 2.11. The average molecular weight is 293 g/mol. The number of pyridine rings is 1. The third-order valence-electron chi connectivity index (χ3n) is 3.07. The van der Waals surface area contributed by atoms with Crippen LogP contribution in [0.25, 0.3) is 0 Å². The number of fused-ring (bicyclic) bond motifs is 2. The molecule has 0 aliphatic carbocycles. The van der Waals surface area contributed by atoms with Crippen LogP contribution in [-0.4, -0.2) is 23.2 Å². The van der Waals surface area contributed by atoms with Crippen LogP contribution in [0.15, 0.2) is 29.4 Å². The second kappa shape index (κ2) is 4.05. The number of aromatic nitrogens is 3. The van der Waals surface area contributed by atoms with Gasteiger partial charge in [-0.1, -0.05) is 20.8 Å². The van der Waals surface area contributed by atoms with Crippen molar-refractivity contribution < 1.29 is 13.2 Å². The lowest BCUT2D eigenvalue weighted by atomic mass is 9.92.